The van der Waals surface area contributed by atoms with E-state index in [4.69, 9.17) is 5.26 Å². The van der Waals surface area contributed by atoms with E-state index in [1.165, 1.54) is 44.9 Å². The Labute approximate surface area is 206 Å². The van der Waals surface area contributed by atoms with Gasteiger partial charge in [0.25, 0.3) is 0 Å². The summed E-state index contributed by atoms with van der Waals surface area (Å²) in [5.74, 6) is 2.49. The number of aliphatic hydroxyl groups excluding tert-OH is 1. The number of rotatable bonds is 5. The van der Waals surface area contributed by atoms with Crippen molar-refractivity contribution in [2.24, 2.45) is 50.7 Å². The summed E-state index contributed by atoms with van der Waals surface area (Å²) in [7, 11) is 0. The molecule has 0 aromatic heterocycles. The zero-order valence-electron chi connectivity index (χ0n) is 22.6. The fourth-order valence-electron chi connectivity index (χ4n) is 10.8. The van der Waals surface area contributed by atoms with Gasteiger partial charge in [0, 0.05) is 11.8 Å². The molecule has 34 heavy (non-hydrogen) atoms. The number of hydrogen-bond acceptors (Lipinski definition) is 4. The highest BCUT2D eigenvalue weighted by Gasteiger charge is 2.82. The lowest BCUT2D eigenvalue weighted by molar-refractivity contribution is -0.297. The lowest BCUT2D eigenvalue weighted by Gasteiger charge is -2.62. The van der Waals surface area contributed by atoms with Crippen LogP contribution in [0.25, 0.3) is 0 Å². The summed E-state index contributed by atoms with van der Waals surface area (Å²) in [4.78, 5) is 17.4. The standard InChI is InChI=1S/C30H48O4/c1-19(21(31)11-13-25(2,3)34-33)20-10-14-28(7)23-9-8-22-26(4,5)24(32)12-15-29(22)18-30(23,29)17-16-27(20,28)6/h11,13,19-23,31,33H,8-10,12,14-18H2,1-7H3/b13-11+/t19-,20+,21?,22-,23-,27+,28-,29+,30-/m0/s1. The molecule has 0 heterocycles. The minimum absolute atomic E-state index is 0.149. The van der Waals surface area contributed by atoms with Crippen molar-refractivity contribution < 1.29 is 20.0 Å². The SMILES string of the molecule is C[C@H](C(O)/C=C/C(C)(C)OO)[C@H]1CC[C@@]2(C)[C@@H]3CC[C@H]4C(C)(C)C(=O)CC[C@@]45C[C@@]35CC[C@]12C. The zero-order chi connectivity index (χ0) is 24.9. The van der Waals surface area contributed by atoms with E-state index in [0.29, 0.717) is 33.9 Å². The summed E-state index contributed by atoms with van der Waals surface area (Å²) < 4.78 is 0. The topological polar surface area (TPSA) is 66.8 Å². The molecular formula is C30H48O4. The van der Waals surface area contributed by atoms with Crippen LogP contribution in [-0.2, 0) is 9.68 Å². The Balaban J connectivity index is 1.40. The second-order valence-electron chi connectivity index (χ2n) is 14.7. The molecule has 5 fully saturated rings. The summed E-state index contributed by atoms with van der Waals surface area (Å²) in [6.45, 7) is 15.4. The lowest BCUT2D eigenvalue weighted by atomic mass is 9.42. The maximum Gasteiger partial charge on any atom is 0.138 e. The molecule has 0 aromatic rings. The van der Waals surface area contributed by atoms with Crippen molar-refractivity contribution in [3.63, 3.8) is 0 Å². The van der Waals surface area contributed by atoms with Gasteiger partial charge in [-0.1, -0.05) is 46.8 Å². The van der Waals surface area contributed by atoms with Crippen molar-refractivity contribution in [3.8, 4) is 0 Å². The predicted octanol–water partition coefficient (Wildman–Crippen LogP) is 6.82. The van der Waals surface area contributed by atoms with E-state index in [1.54, 1.807) is 19.9 Å². The molecule has 9 atom stereocenters. The lowest BCUT2D eigenvalue weighted by Crippen LogP contribution is -2.57. The summed E-state index contributed by atoms with van der Waals surface area (Å²) in [6.07, 6.45) is 13.9. The van der Waals surface area contributed by atoms with E-state index in [0.717, 1.165) is 18.8 Å². The first kappa shape index (κ1) is 25.0. The number of fused-ring (bicyclic) bond motifs is 2. The molecule has 0 aliphatic heterocycles. The smallest absolute Gasteiger partial charge is 0.138 e. The molecule has 4 heteroatoms. The van der Waals surface area contributed by atoms with Crippen molar-refractivity contribution in [3.05, 3.63) is 12.2 Å². The van der Waals surface area contributed by atoms with Gasteiger partial charge in [0.1, 0.15) is 11.4 Å². The monoisotopic (exact) mass is 472 g/mol. The Kier molecular flexibility index (Phi) is 5.44. The zero-order valence-corrected chi connectivity index (χ0v) is 22.6. The van der Waals surface area contributed by atoms with Gasteiger partial charge in [-0.05, 0) is 111 Å². The van der Waals surface area contributed by atoms with Crippen molar-refractivity contribution >= 4 is 5.78 Å². The highest BCUT2D eigenvalue weighted by molar-refractivity contribution is 5.86. The van der Waals surface area contributed by atoms with Crippen LogP contribution in [0.5, 0.6) is 0 Å². The van der Waals surface area contributed by atoms with Crippen LogP contribution in [0.1, 0.15) is 106 Å². The average molecular weight is 473 g/mol. The van der Waals surface area contributed by atoms with Crippen molar-refractivity contribution in [1.29, 1.82) is 0 Å². The molecule has 2 spiro atoms. The molecule has 2 N–H and O–H groups in total. The number of carbonyl (C=O) groups excluding carboxylic acids is 1. The molecule has 5 aliphatic rings. The van der Waals surface area contributed by atoms with Crippen LogP contribution in [0.15, 0.2) is 12.2 Å². The van der Waals surface area contributed by atoms with Gasteiger partial charge in [0.2, 0.25) is 0 Å². The van der Waals surface area contributed by atoms with Gasteiger partial charge < -0.3 is 5.11 Å². The van der Waals surface area contributed by atoms with E-state index in [1.807, 2.05) is 6.08 Å². The van der Waals surface area contributed by atoms with Crippen LogP contribution < -0.4 is 0 Å². The molecule has 5 rings (SSSR count). The molecule has 0 aromatic carbocycles. The van der Waals surface area contributed by atoms with E-state index in [9.17, 15) is 9.90 Å². The van der Waals surface area contributed by atoms with Crippen molar-refractivity contribution in [2.75, 3.05) is 0 Å². The molecule has 5 saturated carbocycles. The Hall–Kier alpha value is -0.710. The van der Waals surface area contributed by atoms with Crippen LogP contribution in [0, 0.1) is 50.7 Å². The number of aliphatic hydroxyl groups is 1. The van der Waals surface area contributed by atoms with Crippen LogP contribution in [0.2, 0.25) is 0 Å². The first-order valence-electron chi connectivity index (χ1n) is 13.9. The van der Waals surface area contributed by atoms with Gasteiger partial charge >= 0.3 is 0 Å². The van der Waals surface area contributed by atoms with E-state index in [-0.39, 0.29) is 16.7 Å². The summed E-state index contributed by atoms with van der Waals surface area (Å²) in [5.41, 5.74) is 0.475. The molecule has 0 saturated heterocycles. The molecule has 1 unspecified atom stereocenters. The molecule has 192 valence electrons. The van der Waals surface area contributed by atoms with Gasteiger partial charge in [0.15, 0.2) is 0 Å². The van der Waals surface area contributed by atoms with Crippen LogP contribution in [0.3, 0.4) is 0 Å². The normalized spacial score (nSPS) is 49.1. The average Bonchev–Trinajstić information content (AvgIpc) is 3.37. The number of hydrogen-bond donors (Lipinski definition) is 2. The number of ketones is 1. The minimum atomic E-state index is -0.792. The van der Waals surface area contributed by atoms with Crippen molar-refractivity contribution in [1.82, 2.24) is 0 Å². The van der Waals surface area contributed by atoms with Gasteiger partial charge in [-0.3, -0.25) is 10.1 Å². The number of carbonyl (C=O) groups is 1. The maximum absolute atomic E-state index is 12.9. The Bertz CT molecular complexity index is 890. The maximum atomic E-state index is 12.9. The third-order valence-corrected chi connectivity index (χ3v) is 13.0. The predicted molar refractivity (Wildman–Crippen MR) is 134 cm³/mol. The highest BCUT2D eigenvalue weighted by Crippen LogP contribution is 2.88. The fourth-order valence-corrected chi connectivity index (χ4v) is 10.8. The summed E-state index contributed by atoms with van der Waals surface area (Å²) in [6, 6.07) is 0. The first-order valence-corrected chi connectivity index (χ1v) is 13.9. The van der Waals surface area contributed by atoms with E-state index >= 15 is 0 Å². The highest BCUT2D eigenvalue weighted by atomic mass is 17.1. The molecule has 0 radical (unpaired) electrons. The molecule has 0 bridgehead atoms. The van der Waals surface area contributed by atoms with Gasteiger partial charge in [-0.15, -0.1) is 0 Å². The van der Waals surface area contributed by atoms with Crippen molar-refractivity contribution in [2.45, 2.75) is 118 Å². The Morgan fingerprint density at radius 2 is 1.62 bits per heavy atom. The second-order valence-corrected chi connectivity index (χ2v) is 14.7. The second kappa shape index (κ2) is 7.42. The summed E-state index contributed by atoms with van der Waals surface area (Å²) in [5, 5.41) is 20.2. The van der Waals surface area contributed by atoms with Gasteiger partial charge in [0.05, 0.1) is 6.10 Å². The third kappa shape index (κ3) is 2.97. The number of Topliss-reactive ketones (excluding diaryl/α,β-unsaturated/α-hetero) is 1. The van der Waals surface area contributed by atoms with E-state index < -0.39 is 11.7 Å². The largest absolute Gasteiger partial charge is 0.389 e. The van der Waals surface area contributed by atoms with Gasteiger partial charge in [-0.25, -0.2) is 4.89 Å². The van der Waals surface area contributed by atoms with Crippen LogP contribution >= 0.6 is 0 Å². The quantitative estimate of drug-likeness (QED) is 0.262. The Morgan fingerprint density at radius 1 is 0.971 bits per heavy atom. The van der Waals surface area contributed by atoms with Crippen LogP contribution in [0.4, 0.5) is 0 Å². The Morgan fingerprint density at radius 3 is 2.29 bits per heavy atom. The first-order chi connectivity index (χ1) is 15.7. The third-order valence-electron chi connectivity index (χ3n) is 13.0. The van der Waals surface area contributed by atoms with Crippen LogP contribution in [-0.4, -0.2) is 27.9 Å². The molecule has 0 amide bonds. The fraction of sp³-hybridized carbons (Fsp3) is 0.900. The summed E-state index contributed by atoms with van der Waals surface area (Å²) >= 11 is 0. The minimum Gasteiger partial charge on any atom is -0.389 e. The van der Waals surface area contributed by atoms with Gasteiger partial charge in [-0.2, -0.15) is 0 Å². The molecule has 4 nitrogen and oxygen atoms in total. The van der Waals surface area contributed by atoms with E-state index in [2.05, 4.69) is 39.5 Å². The molecule has 5 aliphatic carbocycles. The molecular weight excluding hydrogens is 424 g/mol.